The SMILES string of the molecule is CCCNC(=O)C(C)Nc1ccc(C(=O)O)c([N+](=O)[O-])c1. The third kappa shape index (κ3) is 4.44. The van der Waals surface area contributed by atoms with Gasteiger partial charge < -0.3 is 15.7 Å². The Labute approximate surface area is 121 Å². The molecule has 0 aliphatic heterocycles. The van der Waals surface area contributed by atoms with E-state index in [2.05, 4.69) is 10.6 Å². The highest BCUT2D eigenvalue weighted by molar-refractivity contribution is 5.93. The fraction of sp³-hybridized carbons (Fsp3) is 0.385. The van der Waals surface area contributed by atoms with E-state index in [0.717, 1.165) is 18.6 Å². The number of carboxylic acid groups (broad SMARTS) is 1. The summed E-state index contributed by atoms with van der Waals surface area (Å²) in [6.45, 7) is 4.08. The molecule has 0 fully saturated rings. The van der Waals surface area contributed by atoms with Gasteiger partial charge in [0.15, 0.2) is 0 Å². The van der Waals surface area contributed by atoms with E-state index in [1.165, 1.54) is 6.07 Å². The number of benzene rings is 1. The largest absolute Gasteiger partial charge is 0.477 e. The molecule has 0 spiro atoms. The number of anilines is 1. The summed E-state index contributed by atoms with van der Waals surface area (Å²) in [5, 5.41) is 25.3. The zero-order chi connectivity index (χ0) is 16.0. The lowest BCUT2D eigenvalue weighted by Crippen LogP contribution is -2.37. The Morgan fingerprint density at radius 3 is 2.62 bits per heavy atom. The predicted molar refractivity (Wildman–Crippen MR) is 76.4 cm³/mol. The minimum absolute atomic E-state index is 0.234. The maximum atomic E-state index is 11.7. The second-order valence-corrected chi connectivity index (χ2v) is 4.45. The zero-order valence-corrected chi connectivity index (χ0v) is 11.8. The smallest absolute Gasteiger partial charge is 0.342 e. The van der Waals surface area contributed by atoms with Gasteiger partial charge in [-0.15, -0.1) is 0 Å². The Morgan fingerprint density at radius 2 is 2.10 bits per heavy atom. The van der Waals surface area contributed by atoms with Crippen LogP contribution in [-0.4, -0.2) is 34.5 Å². The molecule has 1 unspecified atom stereocenters. The van der Waals surface area contributed by atoms with Gasteiger partial charge in [-0.1, -0.05) is 6.92 Å². The summed E-state index contributed by atoms with van der Waals surface area (Å²) in [4.78, 5) is 32.7. The van der Waals surface area contributed by atoms with Crippen molar-refractivity contribution in [3.63, 3.8) is 0 Å². The Hall–Kier alpha value is -2.64. The van der Waals surface area contributed by atoms with Crippen LogP contribution in [0.25, 0.3) is 0 Å². The molecule has 8 nitrogen and oxygen atoms in total. The van der Waals surface area contributed by atoms with Crippen molar-refractivity contribution in [2.75, 3.05) is 11.9 Å². The topological polar surface area (TPSA) is 122 Å². The van der Waals surface area contributed by atoms with Crippen LogP contribution in [0, 0.1) is 10.1 Å². The highest BCUT2D eigenvalue weighted by Gasteiger charge is 2.21. The van der Waals surface area contributed by atoms with Gasteiger partial charge in [-0.25, -0.2) is 4.79 Å². The molecular weight excluding hydrogens is 278 g/mol. The fourth-order valence-corrected chi connectivity index (χ4v) is 1.67. The van der Waals surface area contributed by atoms with Gasteiger partial charge in [0.2, 0.25) is 5.91 Å². The molecule has 1 rings (SSSR count). The molecule has 0 saturated carbocycles. The number of carbonyl (C=O) groups excluding carboxylic acids is 1. The van der Waals surface area contributed by atoms with Crippen molar-refractivity contribution in [2.24, 2.45) is 0 Å². The van der Waals surface area contributed by atoms with E-state index in [0.29, 0.717) is 12.2 Å². The molecular formula is C13H17N3O5. The van der Waals surface area contributed by atoms with Crippen LogP contribution in [0.1, 0.15) is 30.6 Å². The number of nitro benzene ring substituents is 1. The molecule has 0 aromatic heterocycles. The highest BCUT2D eigenvalue weighted by Crippen LogP contribution is 2.23. The summed E-state index contributed by atoms with van der Waals surface area (Å²) in [5.74, 6) is -1.61. The number of nitro groups is 1. The summed E-state index contributed by atoms with van der Waals surface area (Å²) in [7, 11) is 0. The van der Waals surface area contributed by atoms with Crippen LogP contribution in [0.5, 0.6) is 0 Å². The molecule has 0 saturated heterocycles. The number of amides is 1. The molecule has 0 aliphatic carbocycles. The molecule has 0 radical (unpaired) electrons. The average molecular weight is 295 g/mol. The lowest BCUT2D eigenvalue weighted by Gasteiger charge is -2.15. The van der Waals surface area contributed by atoms with Gasteiger partial charge in [-0.3, -0.25) is 14.9 Å². The van der Waals surface area contributed by atoms with E-state index < -0.39 is 28.2 Å². The van der Waals surface area contributed by atoms with Crippen molar-refractivity contribution in [3.8, 4) is 0 Å². The monoisotopic (exact) mass is 295 g/mol. The van der Waals surface area contributed by atoms with E-state index in [9.17, 15) is 19.7 Å². The number of aromatic carboxylic acids is 1. The Kier molecular flexibility index (Phi) is 5.65. The zero-order valence-electron chi connectivity index (χ0n) is 11.8. The number of hydrogen-bond acceptors (Lipinski definition) is 5. The minimum Gasteiger partial charge on any atom is -0.477 e. The van der Waals surface area contributed by atoms with E-state index in [4.69, 9.17) is 5.11 Å². The normalized spacial score (nSPS) is 11.5. The molecule has 3 N–H and O–H groups in total. The molecule has 21 heavy (non-hydrogen) atoms. The van der Waals surface area contributed by atoms with Crippen LogP contribution in [-0.2, 0) is 4.79 Å². The molecule has 1 amide bonds. The summed E-state index contributed by atoms with van der Waals surface area (Å²) >= 11 is 0. The van der Waals surface area contributed by atoms with E-state index in [1.807, 2.05) is 6.92 Å². The first-order chi connectivity index (χ1) is 9.86. The van der Waals surface area contributed by atoms with Crippen molar-refractivity contribution < 1.29 is 19.6 Å². The number of hydrogen-bond donors (Lipinski definition) is 3. The van der Waals surface area contributed by atoms with Crippen LogP contribution < -0.4 is 10.6 Å². The summed E-state index contributed by atoms with van der Waals surface area (Å²) in [6, 6.07) is 3.04. The van der Waals surface area contributed by atoms with E-state index in [-0.39, 0.29) is 5.91 Å². The molecule has 0 heterocycles. The van der Waals surface area contributed by atoms with Gasteiger partial charge in [-0.05, 0) is 25.5 Å². The molecule has 0 bridgehead atoms. The predicted octanol–water partition coefficient (Wildman–Crippen LogP) is 1.62. The quantitative estimate of drug-likeness (QED) is 0.519. The van der Waals surface area contributed by atoms with Crippen molar-refractivity contribution in [1.29, 1.82) is 0 Å². The first kappa shape index (κ1) is 16.4. The van der Waals surface area contributed by atoms with Crippen LogP contribution in [0.15, 0.2) is 18.2 Å². The lowest BCUT2D eigenvalue weighted by molar-refractivity contribution is -0.385. The second-order valence-electron chi connectivity index (χ2n) is 4.45. The van der Waals surface area contributed by atoms with Gasteiger partial charge in [-0.2, -0.15) is 0 Å². The first-order valence-electron chi connectivity index (χ1n) is 6.42. The lowest BCUT2D eigenvalue weighted by atomic mass is 10.1. The number of carboxylic acids is 1. The standard InChI is InChI=1S/C13H17N3O5/c1-3-6-14-12(17)8(2)15-9-4-5-10(13(18)19)11(7-9)16(20)21/h4-5,7-8,15H,3,6H2,1-2H3,(H,14,17)(H,18,19). The molecule has 8 heteroatoms. The van der Waals surface area contributed by atoms with Gasteiger partial charge in [0.05, 0.1) is 4.92 Å². The summed E-state index contributed by atoms with van der Waals surface area (Å²) in [5.41, 5.74) is -0.604. The highest BCUT2D eigenvalue weighted by atomic mass is 16.6. The third-order valence-corrected chi connectivity index (χ3v) is 2.75. The Balaban J connectivity index is 2.90. The fourth-order valence-electron chi connectivity index (χ4n) is 1.67. The van der Waals surface area contributed by atoms with E-state index >= 15 is 0 Å². The molecule has 1 aromatic carbocycles. The van der Waals surface area contributed by atoms with E-state index in [1.54, 1.807) is 6.92 Å². The number of carbonyl (C=O) groups is 2. The van der Waals surface area contributed by atoms with Crippen molar-refractivity contribution in [3.05, 3.63) is 33.9 Å². The molecule has 0 aliphatic rings. The number of nitrogens with one attached hydrogen (secondary N) is 2. The Morgan fingerprint density at radius 1 is 1.43 bits per heavy atom. The molecule has 114 valence electrons. The number of nitrogens with zero attached hydrogens (tertiary/aromatic N) is 1. The second kappa shape index (κ2) is 7.22. The van der Waals surface area contributed by atoms with Crippen LogP contribution in [0.2, 0.25) is 0 Å². The van der Waals surface area contributed by atoms with Crippen LogP contribution in [0.3, 0.4) is 0 Å². The molecule has 1 atom stereocenters. The number of rotatable bonds is 7. The van der Waals surface area contributed by atoms with Crippen molar-refractivity contribution in [2.45, 2.75) is 26.3 Å². The summed E-state index contributed by atoms with van der Waals surface area (Å²) < 4.78 is 0. The maximum Gasteiger partial charge on any atom is 0.342 e. The maximum absolute atomic E-state index is 11.7. The van der Waals surface area contributed by atoms with Crippen molar-refractivity contribution in [1.82, 2.24) is 5.32 Å². The molecule has 1 aromatic rings. The van der Waals surface area contributed by atoms with Gasteiger partial charge in [0.1, 0.15) is 11.6 Å². The van der Waals surface area contributed by atoms with Gasteiger partial charge in [0, 0.05) is 18.3 Å². The van der Waals surface area contributed by atoms with Crippen molar-refractivity contribution >= 4 is 23.3 Å². The summed E-state index contributed by atoms with van der Waals surface area (Å²) in [6.07, 6.45) is 0.803. The first-order valence-corrected chi connectivity index (χ1v) is 6.42. The minimum atomic E-state index is -1.37. The Bertz CT molecular complexity index is 559. The van der Waals surface area contributed by atoms with Gasteiger partial charge >= 0.3 is 5.97 Å². The average Bonchev–Trinajstić information content (AvgIpc) is 2.44. The van der Waals surface area contributed by atoms with Crippen LogP contribution in [0.4, 0.5) is 11.4 Å². The van der Waals surface area contributed by atoms with Crippen LogP contribution >= 0.6 is 0 Å². The third-order valence-electron chi connectivity index (χ3n) is 2.75. The van der Waals surface area contributed by atoms with Gasteiger partial charge in [0.25, 0.3) is 5.69 Å².